The smallest absolute Gasteiger partial charge is 0.339 e. The number of halogens is 1. The van der Waals surface area contributed by atoms with Crippen LogP contribution in [0.15, 0.2) is 29.1 Å². The fraction of sp³-hybridized carbons (Fsp3) is 0.500. The van der Waals surface area contributed by atoms with Crippen LogP contribution < -0.4 is 5.69 Å². The van der Waals surface area contributed by atoms with Gasteiger partial charge in [0.2, 0.25) is 0 Å². The first-order valence-corrected chi connectivity index (χ1v) is 9.12. The Morgan fingerprint density at radius 2 is 1.92 bits per heavy atom. The Morgan fingerprint density at radius 3 is 2.56 bits per heavy atom. The van der Waals surface area contributed by atoms with Crippen LogP contribution in [-0.2, 0) is 7.05 Å². The van der Waals surface area contributed by atoms with Crippen LogP contribution in [0.1, 0.15) is 53.8 Å². The number of amides is 1. The van der Waals surface area contributed by atoms with Gasteiger partial charge in [-0.3, -0.25) is 9.36 Å². The van der Waals surface area contributed by atoms with Crippen LogP contribution in [0.25, 0.3) is 0 Å². The van der Waals surface area contributed by atoms with Crippen molar-refractivity contribution in [1.29, 1.82) is 0 Å². The third-order valence-corrected chi connectivity index (χ3v) is 5.35. The number of hydrogen-bond donors (Lipinski definition) is 0. The van der Waals surface area contributed by atoms with Gasteiger partial charge in [-0.15, -0.1) is 0 Å². The summed E-state index contributed by atoms with van der Waals surface area (Å²) in [7, 11) is 1.71. The molecule has 6 nitrogen and oxygen atoms in total. The Morgan fingerprint density at radius 1 is 1.20 bits per heavy atom. The van der Waals surface area contributed by atoms with E-state index in [9.17, 15) is 9.59 Å². The highest BCUT2D eigenvalue weighted by Gasteiger charge is 2.34. The molecule has 2 aliphatic rings. The number of benzene rings is 1. The van der Waals surface area contributed by atoms with Crippen LogP contribution >= 0.6 is 11.6 Å². The van der Waals surface area contributed by atoms with E-state index in [4.69, 9.17) is 11.6 Å². The van der Waals surface area contributed by atoms with Gasteiger partial charge in [0.05, 0.1) is 0 Å². The number of likely N-dealkylation sites (tertiary alicyclic amines) is 1. The molecule has 25 heavy (non-hydrogen) atoms. The van der Waals surface area contributed by atoms with E-state index in [1.165, 1.54) is 4.68 Å². The zero-order chi connectivity index (χ0) is 17.6. The average Bonchev–Trinajstić information content (AvgIpc) is 3.41. The number of piperidine rings is 1. The Labute approximate surface area is 151 Å². The van der Waals surface area contributed by atoms with Gasteiger partial charge in [0.15, 0.2) is 0 Å². The van der Waals surface area contributed by atoms with Crippen molar-refractivity contribution in [2.45, 2.75) is 37.6 Å². The van der Waals surface area contributed by atoms with E-state index in [1.807, 2.05) is 9.47 Å². The molecule has 1 amide bonds. The van der Waals surface area contributed by atoms with Crippen molar-refractivity contribution in [2.75, 3.05) is 13.1 Å². The van der Waals surface area contributed by atoms with E-state index >= 15 is 0 Å². The maximum Gasteiger partial charge on any atom is 0.345 e. The molecule has 0 unspecified atom stereocenters. The van der Waals surface area contributed by atoms with Gasteiger partial charge in [0.1, 0.15) is 5.82 Å². The second-order valence-corrected chi connectivity index (χ2v) is 7.38. The van der Waals surface area contributed by atoms with Crippen molar-refractivity contribution in [1.82, 2.24) is 19.2 Å². The van der Waals surface area contributed by atoms with E-state index in [2.05, 4.69) is 5.10 Å². The van der Waals surface area contributed by atoms with Crippen molar-refractivity contribution in [2.24, 2.45) is 7.05 Å². The second-order valence-electron chi connectivity index (χ2n) is 6.94. The van der Waals surface area contributed by atoms with Crippen molar-refractivity contribution in [3.8, 4) is 0 Å². The maximum absolute atomic E-state index is 12.6. The number of nitrogens with zero attached hydrogens (tertiary/aromatic N) is 4. The van der Waals surface area contributed by atoms with E-state index in [1.54, 1.807) is 31.3 Å². The molecular weight excluding hydrogens is 340 g/mol. The summed E-state index contributed by atoms with van der Waals surface area (Å²) in [6.07, 6.45) is 3.78. The normalized spacial score (nSPS) is 18.6. The third kappa shape index (κ3) is 3.11. The van der Waals surface area contributed by atoms with E-state index in [0.29, 0.717) is 29.7 Å². The minimum Gasteiger partial charge on any atom is -0.339 e. The summed E-state index contributed by atoms with van der Waals surface area (Å²) in [5.74, 6) is 1.14. The van der Waals surface area contributed by atoms with Crippen LogP contribution in [0.4, 0.5) is 0 Å². The molecule has 0 bridgehead atoms. The van der Waals surface area contributed by atoms with E-state index in [-0.39, 0.29) is 17.5 Å². The highest BCUT2D eigenvalue weighted by Crippen LogP contribution is 2.37. The van der Waals surface area contributed by atoms with Gasteiger partial charge in [-0.2, -0.15) is 5.10 Å². The first kappa shape index (κ1) is 16.4. The second kappa shape index (κ2) is 6.33. The molecule has 2 fully saturated rings. The molecule has 1 aliphatic carbocycles. The Hall–Kier alpha value is -2.08. The number of carbonyl (C=O) groups excluding carboxylic acids is 1. The standard InChI is InChI=1S/C18H21ClN4O2/c1-21-18(25)23(15-5-6-15)16(20-21)12-7-9-22(10-8-12)17(24)13-3-2-4-14(19)11-13/h2-4,11-12,15H,5-10H2,1H3. The molecular formula is C18H21ClN4O2. The van der Waals surface area contributed by atoms with Gasteiger partial charge < -0.3 is 4.90 Å². The summed E-state index contributed by atoms with van der Waals surface area (Å²) in [5, 5.41) is 5.05. The summed E-state index contributed by atoms with van der Waals surface area (Å²) >= 11 is 5.99. The van der Waals surface area contributed by atoms with Crippen molar-refractivity contribution in [3.05, 3.63) is 51.2 Å². The lowest BCUT2D eigenvalue weighted by Crippen LogP contribution is -2.38. The molecule has 0 radical (unpaired) electrons. The molecule has 4 rings (SSSR count). The first-order chi connectivity index (χ1) is 12.0. The Balaban J connectivity index is 1.48. The van der Waals surface area contributed by atoms with Gasteiger partial charge in [0.25, 0.3) is 5.91 Å². The van der Waals surface area contributed by atoms with Gasteiger partial charge in [-0.25, -0.2) is 9.48 Å². The lowest BCUT2D eigenvalue weighted by molar-refractivity contribution is 0.0710. The molecule has 0 spiro atoms. The van der Waals surface area contributed by atoms with Crippen molar-refractivity contribution >= 4 is 17.5 Å². The molecule has 132 valence electrons. The molecule has 7 heteroatoms. The van der Waals surface area contributed by atoms with Crippen LogP contribution in [0.5, 0.6) is 0 Å². The number of hydrogen-bond acceptors (Lipinski definition) is 3. The summed E-state index contributed by atoms with van der Waals surface area (Å²) < 4.78 is 3.32. The summed E-state index contributed by atoms with van der Waals surface area (Å²) in [6, 6.07) is 7.39. The van der Waals surface area contributed by atoms with Gasteiger partial charge in [-0.05, 0) is 43.9 Å². The molecule has 2 aromatic rings. The fourth-order valence-electron chi connectivity index (χ4n) is 3.60. The fourth-order valence-corrected chi connectivity index (χ4v) is 3.79. The quantitative estimate of drug-likeness (QED) is 0.845. The van der Waals surface area contributed by atoms with Gasteiger partial charge in [-0.1, -0.05) is 17.7 Å². The highest BCUT2D eigenvalue weighted by molar-refractivity contribution is 6.30. The lowest BCUT2D eigenvalue weighted by atomic mass is 9.95. The van der Waals surface area contributed by atoms with Crippen LogP contribution in [0.2, 0.25) is 5.02 Å². The number of carbonyl (C=O) groups is 1. The van der Waals surface area contributed by atoms with Crippen molar-refractivity contribution < 1.29 is 4.79 Å². The lowest BCUT2D eigenvalue weighted by Gasteiger charge is -2.31. The average molecular weight is 361 g/mol. The monoisotopic (exact) mass is 360 g/mol. The number of aryl methyl sites for hydroxylation is 1. The zero-order valence-corrected chi connectivity index (χ0v) is 14.9. The summed E-state index contributed by atoms with van der Waals surface area (Å²) in [5.41, 5.74) is 0.605. The molecule has 1 aromatic carbocycles. The number of aromatic nitrogens is 3. The highest BCUT2D eigenvalue weighted by atomic mass is 35.5. The molecule has 1 aromatic heterocycles. The van der Waals surface area contributed by atoms with Gasteiger partial charge in [0, 0.05) is 42.7 Å². The summed E-state index contributed by atoms with van der Waals surface area (Å²) in [6.45, 7) is 1.34. The molecule has 1 saturated carbocycles. The van der Waals surface area contributed by atoms with Crippen LogP contribution in [0, 0.1) is 0 Å². The van der Waals surface area contributed by atoms with Gasteiger partial charge >= 0.3 is 5.69 Å². The molecule has 1 aliphatic heterocycles. The van der Waals surface area contributed by atoms with Crippen LogP contribution in [-0.4, -0.2) is 38.2 Å². The Bertz CT molecular complexity index is 860. The Kier molecular flexibility index (Phi) is 4.15. The predicted octanol–water partition coefficient (Wildman–Crippen LogP) is 2.59. The van der Waals surface area contributed by atoms with Crippen molar-refractivity contribution in [3.63, 3.8) is 0 Å². The maximum atomic E-state index is 12.6. The molecule has 0 N–H and O–H groups in total. The zero-order valence-electron chi connectivity index (χ0n) is 14.2. The summed E-state index contributed by atoms with van der Waals surface area (Å²) in [4.78, 5) is 26.8. The minimum atomic E-state index is -0.0186. The largest absolute Gasteiger partial charge is 0.345 e. The number of rotatable bonds is 3. The third-order valence-electron chi connectivity index (χ3n) is 5.11. The van der Waals surface area contributed by atoms with E-state index < -0.39 is 0 Å². The molecule has 1 saturated heterocycles. The van der Waals surface area contributed by atoms with E-state index in [0.717, 1.165) is 31.5 Å². The minimum absolute atomic E-state index is 0.0153. The van der Waals surface area contributed by atoms with Crippen LogP contribution in [0.3, 0.4) is 0 Å². The molecule has 2 heterocycles. The SMILES string of the molecule is Cn1nc(C2CCN(C(=O)c3cccc(Cl)c3)CC2)n(C2CC2)c1=O. The molecule has 0 atom stereocenters. The topological polar surface area (TPSA) is 60.1 Å². The predicted molar refractivity (Wildman–Crippen MR) is 95.1 cm³/mol. The first-order valence-electron chi connectivity index (χ1n) is 8.75.